The van der Waals surface area contributed by atoms with Crippen molar-refractivity contribution in [3.05, 3.63) is 10.6 Å². The minimum absolute atomic E-state index is 1.12. The first-order chi connectivity index (χ1) is 4.77. The fourth-order valence-electron chi connectivity index (χ4n) is 0.817. The molecule has 0 bridgehead atoms. The van der Waals surface area contributed by atoms with E-state index in [2.05, 4.69) is 25.1 Å². The van der Waals surface area contributed by atoms with E-state index >= 15 is 0 Å². The lowest BCUT2D eigenvalue weighted by atomic mass is 10.3. The summed E-state index contributed by atoms with van der Waals surface area (Å²) in [5.41, 5.74) is 1.21. The molecule has 0 fully saturated rings. The zero-order chi connectivity index (χ0) is 7.56. The molecule has 0 spiro atoms. The Hall–Kier alpha value is -0.0200. The maximum absolute atomic E-state index is 4.38. The van der Waals surface area contributed by atoms with Gasteiger partial charge in [-0.1, -0.05) is 18.7 Å². The summed E-state index contributed by atoms with van der Waals surface area (Å²) in [5.74, 6) is 0. The number of aromatic nitrogens is 1. The number of thioether (sulfide) groups is 1. The maximum Gasteiger partial charge on any atom is 0.150 e. The van der Waals surface area contributed by atoms with E-state index in [-0.39, 0.29) is 0 Å². The summed E-state index contributed by atoms with van der Waals surface area (Å²) in [4.78, 5) is 5.80. The first-order valence-corrected chi connectivity index (χ1v) is 5.32. The van der Waals surface area contributed by atoms with Gasteiger partial charge in [0.15, 0.2) is 0 Å². The van der Waals surface area contributed by atoms with Crippen LogP contribution in [0.4, 0.5) is 0 Å². The monoisotopic (exact) mass is 173 g/mol. The molecule has 1 nitrogen and oxygen atoms in total. The smallest absolute Gasteiger partial charge is 0.150 e. The van der Waals surface area contributed by atoms with Crippen molar-refractivity contribution >= 4 is 23.1 Å². The van der Waals surface area contributed by atoms with Gasteiger partial charge in [0.05, 0.1) is 5.69 Å². The standard InChI is InChI=1S/C7H11NS2/c1-4-6-5(2)8-7(9-3)10-6/h4H2,1-3H3. The number of rotatable bonds is 2. The molecule has 0 aliphatic rings. The lowest BCUT2D eigenvalue weighted by molar-refractivity contribution is 1.08. The molecule has 0 N–H and O–H groups in total. The summed E-state index contributed by atoms with van der Waals surface area (Å²) < 4.78 is 1.19. The molecule has 1 heterocycles. The molecule has 0 saturated carbocycles. The molecule has 1 aromatic rings. The van der Waals surface area contributed by atoms with E-state index in [4.69, 9.17) is 0 Å². The van der Waals surface area contributed by atoms with Crippen molar-refractivity contribution in [1.29, 1.82) is 0 Å². The fraction of sp³-hybridized carbons (Fsp3) is 0.571. The molecule has 0 saturated heterocycles. The highest BCUT2D eigenvalue weighted by Gasteiger charge is 2.02. The minimum Gasteiger partial charge on any atom is -0.235 e. The normalized spacial score (nSPS) is 10.3. The second kappa shape index (κ2) is 3.39. The van der Waals surface area contributed by atoms with Crippen molar-refractivity contribution in [1.82, 2.24) is 4.98 Å². The fourth-order valence-corrected chi connectivity index (χ4v) is 2.41. The van der Waals surface area contributed by atoms with Crippen LogP contribution in [0, 0.1) is 6.92 Å². The number of nitrogens with zero attached hydrogens (tertiary/aromatic N) is 1. The Morgan fingerprint density at radius 3 is 2.60 bits per heavy atom. The van der Waals surface area contributed by atoms with E-state index in [1.807, 2.05) is 11.3 Å². The molecule has 56 valence electrons. The van der Waals surface area contributed by atoms with Gasteiger partial charge in [0, 0.05) is 4.88 Å². The quantitative estimate of drug-likeness (QED) is 0.638. The Morgan fingerprint density at radius 1 is 1.60 bits per heavy atom. The highest BCUT2D eigenvalue weighted by molar-refractivity contribution is 8.00. The molecule has 0 aliphatic carbocycles. The van der Waals surface area contributed by atoms with Gasteiger partial charge >= 0.3 is 0 Å². The molecule has 0 aromatic carbocycles. The summed E-state index contributed by atoms with van der Waals surface area (Å²) in [6, 6.07) is 0. The van der Waals surface area contributed by atoms with Crippen LogP contribution in [0.25, 0.3) is 0 Å². The van der Waals surface area contributed by atoms with Gasteiger partial charge in [0.2, 0.25) is 0 Å². The van der Waals surface area contributed by atoms with Crippen LogP contribution in [0.5, 0.6) is 0 Å². The van der Waals surface area contributed by atoms with Gasteiger partial charge in [-0.25, -0.2) is 4.98 Å². The average Bonchev–Trinajstić information content (AvgIpc) is 2.30. The molecule has 0 aliphatic heterocycles. The van der Waals surface area contributed by atoms with Gasteiger partial charge in [0.25, 0.3) is 0 Å². The minimum atomic E-state index is 1.12. The third-order valence-electron chi connectivity index (χ3n) is 1.37. The largest absolute Gasteiger partial charge is 0.235 e. The highest BCUT2D eigenvalue weighted by Crippen LogP contribution is 2.25. The third kappa shape index (κ3) is 1.52. The number of thiazole rings is 1. The van der Waals surface area contributed by atoms with Gasteiger partial charge in [-0.2, -0.15) is 0 Å². The van der Waals surface area contributed by atoms with Gasteiger partial charge in [-0.05, 0) is 19.6 Å². The van der Waals surface area contributed by atoms with Crippen LogP contribution in [0.2, 0.25) is 0 Å². The molecule has 0 unspecified atom stereocenters. The molecule has 1 rings (SSSR count). The van der Waals surface area contributed by atoms with Gasteiger partial charge in [-0.15, -0.1) is 11.3 Å². The van der Waals surface area contributed by atoms with E-state index < -0.39 is 0 Å². The first-order valence-electron chi connectivity index (χ1n) is 3.28. The van der Waals surface area contributed by atoms with E-state index in [0.717, 1.165) is 6.42 Å². The maximum atomic E-state index is 4.38. The van der Waals surface area contributed by atoms with E-state index in [0.29, 0.717) is 0 Å². The van der Waals surface area contributed by atoms with Crippen molar-refractivity contribution in [2.75, 3.05) is 6.26 Å². The lowest BCUT2D eigenvalue weighted by Crippen LogP contribution is -1.77. The van der Waals surface area contributed by atoms with Crippen molar-refractivity contribution in [2.45, 2.75) is 24.6 Å². The van der Waals surface area contributed by atoms with Gasteiger partial charge in [-0.3, -0.25) is 0 Å². The summed E-state index contributed by atoms with van der Waals surface area (Å²) in [7, 11) is 0. The van der Waals surface area contributed by atoms with Crippen molar-refractivity contribution in [2.24, 2.45) is 0 Å². The number of aryl methyl sites for hydroxylation is 2. The SMILES string of the molecule is CCc1sc(SC)nc1C. The zero-order valence-electron chi connectivity index (χ0n) is 6.47. The summed E-state index contributed by atoms with van der Waals surface area (Å²) in [6.45, 7) is 4.25. The number of hydrogen-bond acceptors (Lipinski definition) is 3. The molecular formula is C7H11NS2. The average molecular weight is 173 g/mol. The molecule has 0 amide bonds. The Bertz CT molecular complexity index is 217. The topological polar surface area (TPSA) is 12.9 Å². The summed E-state index contributed by atoms with van der Waals surface area (Å²) in [5, 5.41) is 0. The summed E-state index contributed by atoms with van der Waals surface area (Å²) in [6.07, 6.45) is 3.18. The molecule has 0 radical (unpaired) electrons. The molecule has 3 heteroatoms. The van der Waals surface area contributed by atoms with E-state index in [9.17, 15) is 0 Å². The molecule has 10 heavy (non-hydrogen) atoms. The van der Waals surface area contributed by atoms with Crippen molar-refractivity contribution in [3.63, 3.8) is 0 Å². The first kappa shape index (κ1) is 8.08. The predicted octanol–water partition coefficient (Wildman–Crippen LogP) is 2.74. The van der Waals surface area contributed by atoms with Gasteiger partial charge < -0.3 is 0 Å². The van der Waals surface area contributed by atoms with Crippen molar-refractivity contribution in [3.8, 4) is 0 Å². The molecule has 1 aromatic heterocycles. The van der Waals surface area contributed by atoms with Crippen LogP contribution >= 0.6 is 23.1 Å². The van der Waals surface area contributed by atoms with E-state index in [1.54, 1.807) is 11.8 Å². The predicted molar refractivity (Wildman–Crippen MR) is 48.0 cm³/mol. The van der Waals surface area contributed by atoms with Crippen LogP contribution in [-0.2, 0) is 6.42 Å². The number of hydrogen-bond donors (Lipinski definition) is 0. The second-order valence-electron chi connectivity index (χ2n) is 2.05. The highest BCUT2D eigenvalue weighted by atomic mass is 32.2. The van der Waals surface area contributed by atoms with Crippen LogP contribution in [0.1, 0.15) is 17.5 Å². The zero-order valence-corrected chi connectivity index (χ0v) is 8.10. The van der Waals surface area contributed by atoms with Crippen LogP contribution in [-0.4, -0.2) is 11.2 Å². The van der Waals surface area contributed by atoms with Gasteiger partial charge in [0.1, 0.15) is 4.34 Å². The molecule has 0 atom stereocenters. The summed E-state index contributed by atoms with van der Waals surface area (Å²) >= 11 is 3.54. The van der Waals surface area contributed by atoms with Crippen LogP contribution < -0.4 is 0 Å². The Balaban J connectivity index is 2.92. The van der Waals surface area contributed by atoms with Crippen LogP contribution in [0.3, 0.4) is 0 Å². The van der Waals surface area contributed by atoms with Crippen molar-refractivity contribution < 1.29 is 0 Å². The Morgan fingerprint density at radius 2 is 2.30 bits per heavy atom. The third-order valence-corrected chi connectivity index (χ3v) is 3.66. The Labute approximate surface area is 69.9 Å². The lowest BCUT2D eigenvalue weighted by Gasteiger charge is -1.85. The Kier molecular flexibility index (Phi) is 2.74. The second-order valence-corrected chi connectivity index (χ2v) is 4.18. The van der Waals surface area contributed by atoms with Crippen LogP contribution in [0.15, 0.2) is 4.34 Å². The van der Waals surface area contributed by atoms with E-state index in [1.165, 1.54) is 14.9 Å². The molecular weight excluding hydrogens is 162 g/mol.